The maximum Gasteiger partial charge on any atom is 0.261 e. The number of hydrogen-bond donors (Lipinski definition) is 1. The molecular formula is C19H21N3O2S. The van der Waals surface area contributed by atoms with Crippen LogP contribution >= 0.6 is 11.8 Å². The number of aromatic nitrogens is 2. The van der Waals surface area contributed by atoms with Crippen LogP contribution in [0.15, 0.2) is 46.3 Å². The second-order valence-corrected chi connectivity index (χ2v) is 7.08. The molecule has 6 heteroatoms. The molecule has 0 unspecified atom stereocenters. The molecule has 25 heavy (non-hydrogen) atoms. The molecule has 0 aliphatic heterocycles. The van der Waals surface area contributed by atoms with Gasteiger partial charge in [-0.1, -0.05) is 43.0 Å². The van der Waals surface area contributed by atoms with Gasteiger partial charge in [0.05, 0.1) is 16.7 Å². The number of nitrogens with zero attached hydrogens (tertiary/aromatic N) is 2. The fourth-order valence-corrected chi connectivity index (χ4v) is 3.40. The zero-order valence-electron chi connectivity index (χ0n) is 14.6. The second-order valence-electron chi connectivity index (χ2n) is 6.14. The van der Waals surface area contributed by atoms with E-state index in [0.717, 1.165) is 17.2 Å². The number of amides is 1. The monoisotopic (exact) mass is 355 g/mol. The second kappa shape index (κ2) is 7.27. The molecular weight excluding hydrogens is 334 g/mol. The lowest BCUT2D eigenvalue weighted by Crippen LogP contribution is -2.33. The molecule has 0 saturated heterocycles. The van der Waals surface area contributed by atoms with Gasteiger partial charge < -0.3 is 5.32 Å². The van der Waals surface area contributed by atoms with Crippen molar-refractivity contribution in [3.05, 3.63) is 46.8 Å². The summed E-state index contributed by atoms with van der Waals surface area (Å²) in [5.41, 5.74) is 0.562. The molecule has 1 atom stereocenters. The molecule has 3 aromatic rings. The van der Waals surface area contributed by atoms with Crippen LogP contribution in [0.3, 0.4) is 0 Å². The van der Waals surface area contributed by atoms with E-state index < -0.39 is 0 Å². The van der Waals surface area contributed by atoms with E-state index in [4.69, 9.17) is 0 Å². The summed E-state index contributed by atoms with van der Waals surface area (Å²) >= 11 is 1.28. The predicted octanol–water partition coefficient (Wildman–Crippen LogP) is 3.09. The summed E-state index contributed by atoms with van der Waals surface area (Å²) in [7, 11) is 1.69. The van der Waals surface area contributed by atoms with Gasteiger partial charge in [0.15, 0.2) is 5.16 Å². The Morgan fingerprint density at radius 2 is 1.96 bits per heavy atom. The Balaban J connectivity index is 1.93. The quantitative estimate of drug-likeness (QED) is 0.434. The van der Waals surface area contributed by atoms with E-state index in [9.17, 15) is 9.59 Å². The summed E-state index contributed by atoms with van der Waals surface area (Å²) in [5.74, 6) is 0.191. The molecule has 130 valence electrons. The van der Waals surface area contributed by atoms with Crippen LogP contribution in [-0.2, 0) is 11.8 Å². The highest BCUT2D eigenvalue weighted by Crippen LogP contribution is 2.22. The van der Waals surface area contributed by atoms with Gasteiger partial charge in [0, 0.05) is 13.1 Å². The number of hydrogen-bond acceptors (Lipinski definition) is 4. The fraction of sp³-hybridized carbons (Fsp3) is 0.316. The third kappa shape index (κ3) is 3.69. The van der Waals surface area contributed by atoms with Crippen molar-refractivity contribution in [3.63, 3.8) is 0 Å². The van der Waals surface area contributed by atoms with Gasteiger partial charge in [-0.25, -0.2) is 4.98 Å². The number of carbonyl (C=O) groups is 1. The first-order valence-electron chi connectivity index (χ1n) is 8.31. The van der Waals surface area contributed by atoms with Crippen LogP contribution in [-0.4, -0.2) is 27.3 Å². The number of benzene rings is 2. The van der Waals surface area contributed by atoms with E-state index in [1.165, 1.54) is 16.3 Å². The van der Waals surface area contributed by atoms with Crippen molar-refractivity contribution in [1.82, 2.24) is 14.9 Å². The van der Waals surface area contributed by atoms with E-state index in [1.54, 1.807) is 7.05 Å². The van der Waals surface area contributed by atoms with Gasteiger partial charge in [-0.3, -0.25) is 14.2 Å². The van der Waals surface area contributed by atoms with Crippen molar-refractivity contribution in [2.45, 2.75) is 31.5 Å². The predicted molar refractivity (Wildman–Crippen MR) is 103 cm³/mol. The molecule has 0 fully saturated rings. The van der Waals surface area contributed by atoms with E-state index in [1.807, 2.05) is 50.2 Å². The first-order chi connectivity index (χ1) is 12.0. The van der Waals surface area contributed by atoms with Gasteiger partial charge in [0.1, 0.15) is 0 Å². The standard InChI is InChI=1S/C19H21N3O2S/c1-4-12(2)20-17(23)11-25-19-21-16-10-14-8-6-5-7-13(14)9-15(16)18(24)22(19)3/h5-10,12H,4,11H2,1-3H3,(H,20,23)/t12-/m0/s1. The Kier molecular flexibility index (Phi) is 5.08. The largest absolute Gasteiger partial charge is 0.353 e. The van der Waals surface area contributed by atoms with E-state index in [2.05, 4.69) is 10.3 Å². The molecule has 0 radical (unpaired) electrons. The van der Waals surface area contributed by atoms with Gasteiger partial charge in [0.25, 0.3) is 5.56 Å². The van der Waals surface area contributed by atoms with Gasteiger partial charge in [-0.15, -0.1) is 0 Å². The van der Waals surface area contributed by atoms with Crippen molar-refractivity contribution >= 4 is 39.3 Å². The SMILES string of the molecule is CC[C@H](C)NC(=O)CSc1nc2cc3ccccc3cc2c(=O)n1C. The third-order valence-corrected chi connectivity index (χ3v) is 5.28. The molecule has 1 heterocycles. The lowest BCUT2D eigenvalue weighted by Gasteiger charge is -2.12. The first kappa shape index (κ1) is 17.5. The average molecular weight is 355 g/mol. The van der Waals surface area contributed by atoms with Crippen LogP contribution in [0.5, 0.6) is 0 Å². The highest BCUT2D eigenvalue weighted by atomic mass is 32.2. The number of fused-ring (bicyclic) bond motifs is 2. The van der Waals surface area contributed by atoms with Crippen LogP contribution in [0, 0.1) is 0 Å². The molecule has 2 aromatic carbocycles. The third-order valence-electron chi connectivity index (χ3n) is 4.25. The smallest absolute Gasteiger partial charge is 0.261 e. The first-order valence-corrected chi connectivity index (χ1v) is 9.30. The summed E-state index contributed by atoms with van der Waals surface area (Å²) in [4.78, 5) is 29.2. The maximum atomic E-state index is 12.7. The van der Waals surface area contributed by atoms with Crippen LogP contribution in [0.25, 0.3) is 21.7 Å². The summed E-state index contributed by atoms with van der Waals surface area (Å²) in [5, 5.41) is 6.12. The maximum absolute atomic E-state index is 12.7. The number of carbonyl (C=O) groups excluding carboxylic acids is 1. The van der Waals surface area contributed by atoms with Crippen LogP contribution in [0.2, 0.25) is 0 Å². The van der Waals surface area contributed by atoms with Gasteiger partial charge in [-0.2, -0.15) is 0 Å². The fourth-order valence-electron chi connectivity index (χ4n) is 2.62. The minimum atomic E-state index is -0.0967. The lowest BCUT2D eigenvalue weighted by atomic mass is 10.1. The minimum Gasteiger partial charge on any atom is -0.353 e. The van der Waals surface area contributed by atoms with E-state index in [-0.39, 0.29) is 23.3 Å². The van der Waals surface area contributed by atoms with Crippen LogP contribution < -0.4 is 10.9 Å². The number of thioether (sulfide) groups is 1. The minimum absolute atomic E-state index is 0.0489. The van der Waals surface area contributed by atoms with Gasteiger partial charge in [0.2, 0.25) is 5.91 Å². The van der Waals surface area contributed by atoms with Gasteiger partial charge >= 0.3 is 0 Å². The number of rotatable bonds is 5. The molecule has 1 N–H and O–H groups in total. The summed E-state index contributed by atoms with van der Waals surface area (Å²) in [6.07, 6.45) is 0.885. The summed E-state index contributed by atoms with van der Waals surface area (Å²) in [6.45, 7) is 3.99. The van der Waals surface area contributed by atoms with Crippen molar-refractivity contribution in [3.8, 4) is 0 Å². The molecule has 1 aromatic heterocycles. The normalized spacial score (nSPS) is 12.4. The average Bonchev–Trinajstić information content (AvgIpc) is 2.62. The molecule has 0 saturated carbocycles. The number of nitrogens with one attached hydrogen (secondary N) is 1. The molecule has 5 nitrogen and oxygen atoms in total. The summed E-state index contributed by atoms with van der Waals surface area (Å²) in [6, 6.07) is 11.8. The lowest BCUT2D eigenvalue weighted by molar-refractivity contribution is -0.119. The highest BCUT2D eigenvalue weighted by molar-refractivity contribution is 7.99. The van der Waals surface area contributed by atoms with Crippen molar-refractivity contribution in [2.75, 3.05) is 5.75 Å². The van der Waals surface area contributed by atoms with Crippen molar-refractivity contribution in [2.24, 2.45) is 7.05 Å². The van der Waals surface area contributed by atoms with Crippen LogP contribution in [0.4, 0.5) is 0 Å². The molecule has 1 amide bonds. The molecule has 0 spiro atoms. The highest BCUT2D eigenvalue weighted by Gasteiger charge is 2.12. The molecule has 0 aliphatic rings. The van der Waals surface area contributed by atoms with Crippen molar-refractivity contribution < 1.29 is 4.79 Å². The Bertz CT molecular complexity index is 997. The topological polar surface area (TPSA) is 64.0 Å². The Labute approximate surface area is 150 Å². The zero-order valence-corrected chi connectivity index (χ0v) is 15.4. The Morgan fingerprint density at radius 3 is 2.64 bits per heavy atom. The van der Waals surface area contributed by atoms with Gasteiger partial charge in [-0.05, 0) is 36.2 Å². The summed E-state index contributed by atoms with van der Waals surface area (Å²) < 4.78 is 1.51. The van der Waals surface area contributed by atoms with Crippen molar-refractivity contribution in [1.29, 1.82) is 0 Å². The molecule has 0 bridgehead atoms. The van der Waals surface area contributed by atoms with E-state index >= 15 is 0 Å². The van der Waals surface area contributed by atoms with Crippen LogP contribution in [0.1, 0.15) is 20.3 Å². The Hall–Kier alpha value is -2.34. The van der Waals surface area contributed by atoms with E-state index in [0.29, 0.717) is 16.1 Å². The molecule has 0 aliphatic carbocycles. The Morgan fingerprint density at radius 1 is 1.28 bits per heavy atom. The molecule has 3 rings (SSSR count). The zero-order chi connectivity index (χ0) is 18.0.